The Balaban J connectivity index is 2.82. The minimum Gasteiger partial charge on any atom is -0.496 e. The van der Waals surface area contributed by atoms with Crippen molar-refractivity contribution in [3.8, 4) is 5.75 Å². The second-order valence-electron chi connectivity index (χ2n) is 5.64. The molecule has 0 amide bonds. The molecule has 0 fully saturated rings. The van der Waals surface area contributed by atoms with E-state index in [4.69, 9.17) is 9.47 Å². The van der Waals surface area contributed by atoms with Gasteiger partial charge in [-0.3, -0.25) is 0 Å². The first-order valence-electron chi connectivity index (χ1n) is 7.47. The summed E-state index contributed by atoms with van der Waals surface area (Å²) in [6, 6.07) is 6.88. The van der Waals surface area contributed by atoms with E-state index in [9.17, 15) is 0 Å². The molecule has 0 aromatic heterocycles. The highest BCUT2D eigenvalue weighted by molar-refractivity contribution is 5.38. The van der Waals surface area contributed by atoms with E-state index in [-0.39, 0.29) is 6.04 Å². The van der Waals surface area contributed by atoms with E-state index in [1.54, 1.807) is 7.11 Å². The van der Waals surface area contributed by atoms with Crippen molar-refractivity contribution >= 4 is 0 Å². The van der Waals surface area contributed by atoms with E-state index < -0.39 is 0 Å². The number of nitrogens with one attached hydrogen (secondary N) is 1. The Morgan fingerprint density at radius 3 is 2.45 bits per heavy atom. The van der Waals surface area contributed by atoms with Crippen molar-refractivity contribution in [2.45, 2.75) is 46.7 Å². The topological polar surface area (TPSA) is 30.5 Å². The number of hydrogen-bond donors (Lipinski definition) is 1. The van der Waals surface area contributed by atoms with Crippen molar-refractivity contribution < 1.29 is 9.47 Å². The predicted octanol–water partition coefficient (Wildman–Crippen LogP) is 3.72. The van der Waals surface area contributed by atoms with Crippen molar-refractivity contribution in [3.05, 3.63) is 29.3 Å². The van der Waals surface area contributed by atoms with Gasteiger partial charge < -0.3 is 14.8 Å². The van der Waals surface area contributed by atoms with Crippen LogP contribution < -0.4 is 10.1 Å². The number of methoxy groups -OCH3 is 1. The summed E-state index contributed by atoms with van der Waals surface area (Å²) in [7, 11) is 1.72. The lowest BCUT2D eigenvalue weighted by atomic mass is 10.00. The maximum Gasteiger partial charge on any atom is 0.123 e. The van der Waals surface area contributed by atoms with Crippen molar-refractivity contribution in [3.63, 3.8) is 0 Å². The number of aryl methyl sites for hydroxylation is 1. The highest BCUT2D eigenvalue weighted by Crippen LogP contribution is 2.26. The third-order valence-electron chi connectivity index (χ3n) is 3.62. The Bertz CT molecular complexity index is 404. The zero-order chi connectivity index (χ0) is 15.1. The molecule has 0 aliphatic carbocycles. The van der Waals surface area contributed by atoms with E-state index in [0.29, 0.717) is 12.0 Å². The van der Waals surface area contributed by atoms with Gasteiger partial charge in [0, 0.05) is 24.3 Å². The molecule has 1 rings (SSSR count). The molecule has 0 heterocycles. The molecule has 2 unspecified atom stereocenters. The van der Waals surface area contributed by atoms with Crippen LogP contribution in [0.5, 0.6) is 5.75 Å². The van der Waals surface area contributed by atoms with Gasteiger partial charge in [-0.25, -0.2) is 0 Å². The van der Waals surface area contributed by atoms with E-state index in [2.05, 4.69) is 45.1 Å². The van der Waals surface area contributed by atoms with Crippen LogP contribution in [0, 0.1) is 12.8 Å². The summed E-state index contributed by atoms with van der Waals surface area (Å²) in [5, 5.41) is 3.66. The van der Waals surface area contributed by atoms with Gasteiger partial charge in [0.05, 0.1) is 13.7 Å². The lowest BCUT2D eigenvalue weighted by Gasteiger charge is -2.27. The summed E-state index contributed by atoms with van der Waals surface area (Å²) < 4.78 is 11.1. The lowest BCUT2D eigenvalue weighted by Crippen LogP contribution is -2.39. The molecule has 1 aromatic rings. The molecule has 0 aliphatic rings. The van der Waals surface area contributed by atoms with E-state index in [0.717, 1.165) is 19.0 Å². The molecule has 0 aliphatic heterocycles. The summed E-state index contributed by atoms with van der Waals surface area (Å²) in [6.45, 7) is 12.3. The lowest BCUT2D eigenvalue weighted by molar-refractivity contribution is 0.104. The molecule has 0 saturated carbocycles. The average molecular weight is 279 g/mol. The summed E-state index contributed by atoms with van der Waals surface area (Å²) in [4.78, 5) is 0. The van der Waals surface area contributed by atoms with Crippen LogP contribution in [0.4, 0.5) is 0 Å². The van der Waals surface area contributed by atoms with Crippen LogP contribution in [0.15, 0.2) is 18.2 Å². The van der Waals surface area contributed by atoms with Gasteiger partial charge in [0.1, 0.15) is 5.75 Å². The van der Waals surface area contributed by atoms with Crippen molar-refractivity contribution in [2.75, 3.05) is 20.3 Å². The Morgan fingerprint density at radius 2 is 1.90 bits per heavy atom. The second-order valence-corrected chi connectivity index (χ2v) is 5.64. The van der Waals surface area contributed by atoms with Crippen LogP contribution in [0.2, 0.25) is 0 Å². The quantitative estimate of drug-likeness (QED) is 0.787. The fraction of sp³-hybridized carbons (Fsp3) is 0.647. The molecular formula is C17H29NO2. The molecule has 1 N–H and O–H groups in total. The van der Waals surface area contributed by atoms with Crippen LogP contribution in [0.3, 0.4) is 0 Å². The molecule has 0 saturated heterocycles. The molecule has 3 nitrogen and oxygen atoms in total. The smallest absolute Gasteiger partial charge is 0.123 e. The molecule has 0 bridgehead atoms. The Labute approximate surface area is 123 Å². The first-order chi connectivity index (χ1) is 9.49. The summed E-state index contributed by atoms with van der Waals surface area (Å²) in [6.07, 6.45) is 0. The zero-order valence-corrected chi connectivity index (χ0v) is 13.7. The van der Waals surface area contributed by atoms with E-state index in [1.807, 2.05) is 13.0 Å². The predicted molar refractivity (Wildman–Crippen MR) is 84.4 cm³/mol. The van der Waals surface area contributed by atoms with Gasteiger partial charge in [-0.1, -0.05) is 31.5 Å². The largest absolute Gasteiger partial charge is 0.496 e. The van der Waals surface area contributed by atoms with Crippen LogP contribution in [0.1, 0.15) is 44.9 Å². The van der Waals surface area contributed by atoms with Crippen LogP contribution in [-0.4, -0.2) is 26.4 Å². The normalized spacial score (nSPS) is 14.3. The number of ether oxygens (including phenoxy) is 2. The fourth-order valence-corrected chi connectivity index (χ4v) is 2.28. The molecule has 3 heteroatoms. The fourth-order valence-electron chi connectivity index (χ4n) is 2.28. The zero-order valence-electron chi connectivity index (χ0n) is 13.7. The average Bonchev–Trinajstić information content (AvgIpc) is 2.42. The molecule has 2 atom stereocenters. The third-order valence-corrected chi connectivity index (χ3v) is 3.62. The minimum atomic E-state index is 0.234. The molecule has 0 spiro atoms. The second kappa shape index (κ2) is 8.28. The standard InChI is InChI=1S/C17H29NO2/c1-7-20-11-16(12(2)3)18-14(5)15-10-13(4)8-9-17(15)19-6/h8-10,12,14,16,18H,7,11H2,1-6H3. The SMILES string of the molecule is CCOCC(NC(C)c1cc(C)ccc1OC)C(C)C. The summed E-state index contributed by atoms with van der Waals surface area (Å²) in [5.74, 6) is 1.47. The van der Waals surface area contributed by atoms with Crippen molar-refractivity contribution in [2.24, 2.45) is 5.92 Å². The van der Waals surface area contributed by atoms with Crippen molar-refractivity contribution in [1.82, 2.24) is 5.32 Å². The Hall–Kier alpha value is -1.06. The third kappa shape index (κ3) is 4.80. The first kappa shape index (κ1) is 17.0. The van der Waals surface area contributed by atoms with Gasteiger partial charge in [0.15, 0.2) is 0 Å². The molecule has 1 aromatic carbocycles. The maximum atomic E-state index is 5.58. The van der Waals surface area contributed by atoms with Gasteiger partial charge >= 0.3 is 0 Å². The van der Waals surface area contributed by atoms with Gasteiger partial charge in [-0.15, -0.1) is 0 Å². The highest BCUT2D eigenvalue weighted by Gasteiger charge is 2.19. The summed E-state index contributed by atoms with van der Waals surface area (Å²) >= 11 is 0. The molecule has 0 radical (unpaired) electrons. The molecular weight excluding hydrogens is 250 g/mol. The Kier molecular flexibility index (Phi) is 7.03. The van der Waals surface area contributed by atoms with Crippen LogP contribution >= 0.6 is 0 Å². The van der Waals surface area contributed by atoms with Gasteiger partial charge in [0.25, 0.3) is 0 Å². The van der Waals surface area contributed by atoms with Gasteiger partial charge in [-0.2, -0.15) is 0 Å². The van der Waals surface area contributed by atoms with Gasteiger partial charge in [0.2, 0.25) is 0 Å². The molecule has 114 valence electrons. The maximum absolute atomic E-state index is 5.58. The van der Waals surface area contributed by atoms with Crippen LogP contribution in [-0.2, 0) is 4.74 Å². The summed E-state index contributed by atoms with van der Waals surface area (Å²) in [5.41, 5.74) is 2.45. The van der Waals surface area contributed by atoms with Crippen LogP contribution in [0.25, 0.3) is 0 Å². The van der Waals surface area contributed by atoms with Gasteiger partial charge in [-0.05, 0) is 32.8 Å². The monoisotopic (exact) mass is 279 g/mol. The van der Waals surface area contributed by atoms with E-state index >= 15 is 0 Å². The first-order valence-corrected chi connectivity index (χ1v) is 7.47. The van der Waals surface area contributed by atoms with E-state index in [1.165, 1.54) is 11.1 Å². The highest BCUT2D eigenvalue weighted by atomic mass is 16.5. The van der Waals surface area contributed by atoms with Crippen molar-refractivity contribution in [1.29, 1.82) is 0 Å². The molecule has 20 heavy (non-hydrogen) atoms. The number of benzene rings is 1. The number of hydrogen-bond acceptors (Lipinski definition) is 3. The number of rotatable bonds is 8. The Morgan fingerprint density at radius 1 is 1.20 bits per heavy atom. The minimum absolute atomic E-state index is 0.234.